The smallest absolute Gasteiger partial charge is 0.387 e. The van der Waals surface area contributed by atoms with Gasteiger partial charge in [-0.3, -0.25) is 9.89 Å². The van der Waals surface area contributed by atoms with Crippen molar-refractivity contribution in [2.24, 2.45) is 4.99 Å². The lowest BCUT2D eigenvalue weighted by molar-refractivity contribution is -0.0498. The molecule has 0 amide bonds. The molecule has 1 aromatic rings. The van der Waals surface area contributed by atoms with Crippen LogP contribution in [0.3, 0.4) is 0 Å². The largest absolute Gasteiger partial charge is 0.435 e. The van der Waals surface area contributed by atoms with Crippen molar-refractivity contribution in [3.05, 3.63) is 29.8 Å². The molecule has 0 saturated carbocycles. The van der Waals surface area contributed by atoms with Crippen LogP contribution in [-0.4, -0.2) is 86.7 Å². The molecule has 2 fully saturated rings. The Morgan fingerprint density at radius 1 is 1.13 bits per heavy atom. The average molecular weight is 438 g/mol. The Balaban J connectivity index is 1.60. The van der Waals surface area contributed by atoms with Gasteiger partial charge in [-0.25, -0.2) is 0 Å². The SMILES string of the molecule is CN=C(NCC1(N2CCCCC2)CCN(C)CC1)N(C)Cc1ccc(OC(F)F)cc1. The van der Waals surface area contributed by atoms with E-state index in [9.17, 15) is 8.78 Å². The van der Waals surface area contributed by atoms with Crippen LogP contribution in [-0.2, 0) is 6.54 Å². The van der Waals surface area contributed by atoms with E-state index < -0.39 is 6.61 Å². The second-order valence-electron chi connectivity index (χ2n) is 8.85. The van der Waals surface area contributed by atoms with E-state index in [0.29, 0.717) is 6.54 Å². The summed E-state index contributed by atoms with van der Waals surface area (Å²) in [6.45, 7) is 3.34. The quantitative estimate of drug-likeness (QED) is 0.524. The Hall–Kier alpha value is -1.93. The lowest BCUT2D eigenvalue weighted by atomic mass is 9.84. The standard InChI is InChI=1S/C23H37F2N5O/c1-26-22(29(3)17-19-7-9-20(10-8-19)31-21(24)25)27-18-23(11-15-28(2)16-12-23)30-13-5-4-6-14-30/h7-10,21H,4-6,11-18H2,1-3H3,(H,26,27). The second-order valence-corrected chi connectivity index (χ2v) is 8.85. The van der Waals surface area contributed by atoms with Crippen molar-refractivity contribution in [3.8, 4) is 5.75 Å². The molecule has 2 saturated heterocycles. The predicted octanol–water partition coefficient (Wildman–Crippen LogP) is 3.25. The number of nitrogens with zero attached hydrogens (tertiary/aromatic N) is 4. The minimum absolute atomic E-state index is 0.176. The van der Waals surface area contributed by atoms with Crippen molar-refractivity contribution < 1.29 is 13.5 Å². The van der Waals surface area contributed by atoms with Crippen molar-refractivity contribution in [2.45, 2.75) is 50.8 Å². The molecule has 3 rings (SSSR count). The third-order valence-corrected chi connectivity index (χ3v) is 6.66. The Morgan fingerprint density at radius 2 is 1.77 bits per heavy atom. The fraction of sp³-hybridized carbons (Fsp3) is 0.696. The van der Waals surface area contributed by atoms with Crippen LogP contribution in [0.2, 0.25) is 0 Å². The van der Waals surface area contributed by atoms with Gasteiger partial charge in [-0.2, -0.15) is 8.78 Å². The first-order valence-electron chi connectivity index (χ1n) is 11.3. The van der Waals surface area contributed by atoms with Crippen molar-refractivity contribution in [2.75, 3.05) is 53.9 Å². The Morgan fingerprint density at radius 3 is 2.35 bits per heavy atom. The van der Waals surface area contributed by atoms with Gasteiger partial charge in [0, 0.05) is 32.7 Å². The van der Waals surface area contributed by atoms with Crippen molar-refractivity contribution >= 4 is 5.96 Å². The summed E-state index contributed by atoms with van der Waals surface area (Å²) in [6.07, 6.45) is 6.26. The van der Waals surface area contributed by atoms with E-state index >= 15 is 0 Å². The number of nitrogens with one attached hydrogen (secondary N) is 1. The second kappa shape index (κ2) is 11.1. The normalized spacial score (nSPS) is 20.6. The maximum absolute atomic E-state index is 12.3. The van der Waals surface area contributed by atoms with E-state index in [0.717, 1.165) is 31.2 Å². The minimum Gasteiger partial charge on any atom is -0.435 e. The fourth-order valence-electron chi connectivity index (χ4n) is 4.76. The van der Waals surface area contributed by atoms with Gasteiger partial charge in [0.1, 0.15) is 5.75 Å². The third-order valence-electron chi connectivity index (χ3n) is 6.66. The maximum Gasteiger partial charge on any atom is 0.387 e. The monoisotopic (exact) mass is 437 g/mol. The molecular formula is C23H37F2N5O. The first-order valence-corrected chi connectivity index (χ1v) is 11.3. The van der Waals surface area contributed by atoms with Crippen LogP contribution in [0.5, 0.6) is 5.75 Å². The summed E-state index contributed by atoms with van der Waals surface area (Å²) in [6, 6.07) is 6.78. The number of benzene rings is 1. The zero-order valence-electron chi connectivity index (χ0n) is 19.1. The molecule has 0 bridgehead atoms. The molecule has 6 nitrogen and oxygen atoms in total. The Kier molecular flexibility index (Phi) is 8.49. The number of ether oxygens (including phenoxy) is 1. The summed E-state index contributed by atoms with van der Waals surface area (Å²) < 4.78 is 29.1. The van der Waals surface area contributed by atoms with Crippen molar-refractivity contribution in [3.63, 3.8) is 0 Å². The predicted molar refractivity (Wildman–Crippen MR) is 121 cm³/mol. The van der Waals surface area contributed by atoms with Crippen LogP contribution < -0.4 is 10.1 Å². The number of piperidine rings is 2. The first-order chi connectivity index (χ1) is 14.9. The number of guanidine groups is 1. The molecule has 0 aliphatic carbocycles. The van der Waals surface area contributed by atoms with Crippen LogP contribution in [0.4, 0.5) is 8.78 Å². The van der Waals surface area contributed by atoms with E-state index in [1.54, 1.807) is 19.2 Å². The Labute approximate surface area is 185 Å². The molecule has 0 aromatic heterocycles. The lowest BCUT2D eigenvalue weighted by Crippen LogP contribution is -2.62. The molecular weight excluding hydrogens is 400 g/mol. The minimum atomic E-state index is -2.80. The van der Waals surface area contributed by atoms with Gasteiger partial charge in [0.15, 0.2) is 5.96 Å². The van der Waals surface area contributed by atoms with Gasteiger partial charge in [-0.05, 0) is 76.6 Å². The summed E-state index contributed by atoms with van der Waals surface area (Å²) >= 11 is 0. The van der Waals surface area contributed by atoms with Gasteiger partial charge in [0.05, 0.1) is 0 Å². The summed E-state index contributed by atoms with van der Waals surface area (Å²) in [5, 5.41) is 3.64. The number of alkyl halides is 2. The highest BCUT2D eigenvalue weighted by molar-refractivity contribution is 5.79. The fourth-order valence-corrected chi connectivity index (χ4v) is 4.76. The molecule has 0 atom stereocenters. The molecule has 2 aliphatic rings. The van der Waals surface area contributed by atoms with E-state index in [1.165, 1.54) is 45.2 Å². The molecule has 2 heterocycles. The first kappa shape index (κ1) is 23.7. The van der Waals surface area contributed by atoms with Crippen molar-refractivity contribution in [1.82, 2.24) is 20.0 Å². The van der Waals surface area contributed by atoms with Gasteiger partial charge in [0.25, 0.3) is 0 Å². The van der Waals surface area contributed by atoms with Crippen molar-refractivity contribution in [1.29, 1.82) is 0 Å². The molecule has 31 heavy (non-hydrogen) atoms. The molecule has 0 unspecified atom stereocenters. The van der Waals surface area contributed by atoms with E-state index in [4.69, 9.17) is 0 Å². The van der Waals surface area contributed by atoms with Gasteiger partial charge in [-0.15, -0.1) is 0 Å². The van der Waals surface area contributed by atoms with Crippen LogP contribution >= 0.6 is 0 Å². The maximum atomic E-state index is 12.3. The topological polar surface area (TPSA) is 43.3 Å². The van der Waals surface area contributed by atoms with Crippen LogP contribution in [0.1, 0.15) is 37.7 Å². The molecule has 8 heteroatoms. The number of likely N-dealkylation sites (tertiary alicyclic amines) is 2. The highest BCUT2D eigenvalue weighted by Gasteiger charge is 2.39. The van der Waals surface area contributed by atoms with E-state index in [1.807, 2.05) is 19.2 Å². The highest BCUT2D eigenvalue weighted by atomic mass is 19.3. The number of rotatable bonds is 7. The summed E-state index contributed by atoms with van der Waals surface area (Å²) in [5.41, 5.74) is 1.19. The van der Waals surface area contributed by atoms with Crippen LogP contribution in [0.25, 0.3) is 0 Å². The summed E-state index contributed by atoms with van der Waals surface area (Å²) in [4.78, 5) is 11.7. The zero-order chi connectivity index (χ0) is 22.3. The molecule has 0 spiro atoms. The highest BCUT2D eigenvalue weighted by Crippen LogP contribution is 2.31. The van der Waals surface area contributed by atoms with E-state index in [2.05, 4.69) is 36.8 Å². The van der Waals surface area contributed by atoms with E-state index in [-0.39, 0.29) is 11.3 Å². The number of aliphatic imine (C=N–C) groups is 1. The number of hydrogen-bond acceptors (Lipinski definition) is 4. The summed E-state index contributed by atoms with van der Waals surface area (Å²) in [7, 11) is 6.01. The Bertz CT molecular complexity index is 698. The van der Waals surface area contributed by atoms with Gasteiger partial charge < -0.3 is 19.9 Å². The zero-order valence-corrected chi connectivity index (χ0v) is 19.1. The van der Waals surface area contributed by atoms with Crippen LogP contribution in [0, 0.1) is 0 Å². The van der Waals surface area contributed by atoms with Crippen LogP contribution in [0.15, 0.2) is 29.3 Å². The lowest BCUT2D eigenvalue weighted by Gasteiger charge is -2.50. The number of halogens is 2. The number of hydrogen-bond donors (Lipinski definition) is 1. The molecule has 2 aliphatic heterocycles. The van der Waals surface area contributed by atoms with Gasteiger partial charge >= 0.3 is 6.61 Å². The molecule has 0 radical (unpaired) electrons. The van der Waals surface area contributed by atoms with Gasteiger partial charge in [-0.1, -0.05) is 18.6 Å². The van der Waals surface area contributed by atoms with Gasteiger partial charge in [0.2, 0.25) is 0 Å². The molecule has 174 valence electrons. The molecule has 1 aromatic carbocycles. The summed E-state index contributed by atoms with van der Waals surface area (Å²) in [5.74, 6) is 1.03. The average Bonchev–Trinajstić information content (AvgIpc) is 2.77. The third kappa shape index (κ3) is 6.53. The molecule has 1 N–H and O–H groups in total.